The Morgan fingerprint density at radius 3 is 1.91 bits per heavy atom. The van der Waals surface area contributed by atoms with Crippen molar-refractivity contribution in [2.75, 3.05) is 22.9 Å². The summed E-state index contributed by atoms with van der Waals surface area (Å²) >= 11 is 6.21. The van der Waals surface area contributed by atoms with Gasteiger partial charge < -0.3 is 16.4 Å². The maximum atomic E-state index is 6.28. The van der Waals surface area contributed by atoms with Crippen LogP contribution in [0.25, 0.3) is 0 Å². The summed E-state index contributed by atoms with van der Waals surface area (Å²) < 4.78 is 0. The van der Waals surface area contributed by atoms with Crippen LogP contribution in [0.4, 0.5) is 23.0 Å². The third-order valence-electron chi connectivity index (χ3n) is 6.14. The van der Waals surface area contributed by atoms with Crippen LogP contribution in [0, 0.1) is 6.92 Å². The fourth-order valence-corrected chi connectivity index (χ4v) is 4.15. The summed E-state index contributed by atoms with van der Waals surface area (Å²) in [5.74, 6) is 1.27. The monoisotopic (exact) mass is 473 g/mol. The number of anilines is 4. The van der Waals surface area contributed by atoms with Crippen LogP contribution in [0.1, 0.15) is 102 Å². The molecule has 0 unspecified atom stereocenters. The first-order valence-corrected chi connectivity index (χ1v) is 13.4. The number of hydrogen-bond acceptors (Lipinski definition) is 5. The fourth-order valence-electron chi connectivity index (χ4n) is 3.97. The van der Waals surface area contributed by atoms with Gasteiger partial charge in [0.25, 0.3) is 0 Å². The summed E-state index contributed by atoms with van der Waals surface area (Å²) in [7, 11) is 0. The molecular formula is C27H44ClN5. The molecule has 0 atom stereocenters. The Morgan fingerprint density at radius 1 is 0.788 bits per heavy atom. The molecule has 0 aliphatic rings. The lowest BCUT2D eigenvalue weighted by molar-refractivity contribution is 0.537. The predicted molar refractivity (Wildman–Crippen MR) is 145 cm³/mol. The largest absolute Gasteiger partial charge is 0.393 e. The van der Waals surface area contributed by atoms with Crippen LogP contribution in [0.5, 0.6) is 0 Å². The van der Waals surface area contributed by atoms with Crippen molar-refractivity contribution in [3.05, 3.63) is 35.1 Å². The van der Waals surface area contributed by atoms with Crippen molar-refractivity contribution in [2.24, 2.45) is 0 Å². The molecular weight excluding hydrogens is 430 g/mol. The fraction of sp³-hybridized carbons (Fsp3) is 0.630. The molecule has 1 heterocycles. The van der Waals surface area contributed by atoms with Gasteiger partial charge in [-0.25, -0.2) is 9.97 Å². The number of aryl methyl sites for hydroxylation is 1. The molecule has 0 amide bonds. The molecule has 0 spiro atoms. The molecule has 184 valence electrons. The summed E-state index contributed by atoms with van der Waals surface area (Å²) in [6.45, 7) is 5.13. The van der Waals surface area contributed by atoms with E-state index < -0.39 is 0 Å². The Hall–Kier alpha value is -2.01. The zero-order valence-electron chi connectivity index (χ0n) is 20.8. The Balaban J connectivity index is 1.53. The Morgan fingerprint density at radius 2 is 1.33 bits per heavy atom. The standard InChI is InChI=1S/C27H44ClN5/c1-3-4-5-6-7-8-9-10-11-12-13-14-15-16-19-30-26-25(29)27(32-21-31-26)33-23-18-17-22(2)24(28)20-23/h17-18,20-21H,3-16,19,29H2,1-2H3,(H2,30,31,32,33). The van der Waals surface area contributed by atoms with E-state index in [1.165, 1.54) is 89.8 Å². The quantitative estimate of drug-likeness (QED) is 0.189. The van der Waals surface area contributed by atoms with E-state index >= 15 is 0 Å². The first kappa shape index (κ1) is 27.2. The average Bonchev–Trinajstić information content (AvgIpc) is 2.81. The van der Waals surface area contributed by atoms with Gasteiger partial charge in [0, 0.05) is 17.3 Å². The van der Waals surface area contributed by atoms with Crippen LogP contribution in [0.3, 0.4) is 0 Å². The van der Waals surface area contributed by atoms with Gasteiger partial charge in [-0.2, -0.15) is 0 Å². The number of rotatable bonds is 18. The van der Waals surface area contributed by atoms with Gasteiger partial charge in [-0.3, -0.25) is 0 Å². The van der Waals surface area contributed by atoms with E-state index in [0.717, 1.165) is 24.2 Å². The normalized spacial score (nSPS) is 11.0. The second kappa shape index (κ2) is 16.6. The number of nitrogen functional groups attached to an aromatic ring is 1. The van der Waals surface area contributed by atoms with Crippen LogP contribution >= 0.6 is 11.6 Å². The predicted octanol–water partition coefficient (Wildman–Crippen LogP) is 8.66. The molecule has 0 bridgehead atoms. The van der Waals surface area contributed by atoms with Crippen LogP contribution in [0.15, 0.2) is 24.5 Å². The minimum absolute atomic E-state index is 0.527. The van der Waals surface area contributed by atoms with Crippen LogP contribution < -0.4 is 16.4 Å². The number of unbranched alkanes of at least 4 members (excludes halogenated alkanes) is 13. The van der Waals surface area contributed by atoms with E-state index in [2.05, 4.69) is 27.5 Å². The van der Waals surface area contributed by atoms with Crippen LogP contribution in [0.2, 0.25) is 5.02 Å². The third-order valence-corrected chi connectivity index (χ3v) is 6.55. The van der Waals surface area contributed by atoms with E-state index in [4.69, 9.17) is 17.3 Å². The molecule has 6 heteroatoms. The van der Waals surface area contributed by atoms with E-state index in [1.807, 2.05) is 25.1 Å². The van der Waals surface area contributed by atoms with Gasteiger partial charge in [0.2, 0.25) is 0 Å². The molecule has 1 aromatic carbocycles. The average molecular weight is 474 g/mol. The number of nitrogens with zero attached hydrogens (tertiary/aromatic N) is 2. The third kappa shape index (κ3) is 11.1. The maximum Gasteiger partial charge on any atom is 0.159 e. The summed E-state index contributed by atoms with van der Waals surface area (Å²) in [6.07, 6.45) is 20.6. The topological polar surface area (TPSA) is 75.9 Å². The van der Waals surface area contributed by atoms with Gasteiger partial charge in [-0.05, 0) is 31.0 Å². The van der Waals surface area contributed by atoms with Crippen molar-refractivity contribution in [3.63, 3.8) is 0 Å². The number of nitrogens with one attached hydrogen (secondary N) is 2. The molecule has 2 aromatic rings. The zero-order chi connectivity index (χ0) is 23.7. The van der Waals surface area contributed by atoms with E-state index in [1.54, 1.807) is 0 Å². The van der Waals surface area contributed by atoms with E-state index in [9.17, 15) is 0 Å². The Labute approximate surface area is 206 Å². The molecule has 4 N–H and O–H groups in total. The smallest absolute Gasteiger partial charge is 0.159 e. The summed E-state index contributed by atoms with van der Waals surface area (Å²) in [6, 6.07) is 5.81. The summed E-state index contributed by atoms with van der Waals surface area (Å²) in [5, 5.41) is 7.31. The van der Waals surface area contributed by atoms with Gasteiger partial charge in [0.05, 0.1) is 0 Å². The van der Waals surface area contributed by atoms with Gasteiger partial charge in [0.1, 0.15) is 12.0 Å². The molecule has 0 aliphatic heterocycles. The number of benzene rings is 1. The Kier molecular flexibility index (Phi) is 13.7. The first-order valence-electron chi connectivity index (χ1n) is 13.0. The van der Waals surface area contributed by atoms with Crippen LogP contribution in [-0.4, -0.2) is 16.5 Å². The number of aromatic nitrogens is 2. The lowest BCUT2D eigenvalue weighted by Gasteiger charge is -2.13. The molecule has 1 aromatic heterocycles. The molecule has 33 heavy (non-hydrogen) atoms. The van der Waals surface area contributed by atoms with Crippen molar-refractivity contribution >= 4 is 34.6 Å². The lowest BCUT2D eigenvalue weighted by Crippen LogP contribution is -2.09. The van der Waals surface area contributed by atoms with Gasteiger partial charge in [0.15, 0.2) is 11.6 Å². The highest BCUT2D eigenvalue weighted by Crippen LogP contribution is 2.28. The summed E-state index contributed by atoms with van der Waals surface area (Å²) in [5.41, 5.74) is 8.70. The maximum absolute atomic E-state index is 6.28. The number of hydrogen-bond donors (Lipinski definition) is 3. The summed E-state index contributed by atoms with van der Waals surface area (Å²) in [4.78, 5) is 8.58. The zero-order valence-corrected chi connectivity index (χ0v) is 21.5. The second-order valence-corrected chi connectivity index (χ2v) is 9.50. The molecule has 2 rings (SSSR count). The SMILES string of the molecule is CCCCCCCCCCCCCCCCNc1ncnc(Nc2ccc(C)c(Cl)c2)c1N. The highest BCUT2D eigenvalue weighted by Gasteiger charge is 2.08. The first-order chi connectivity index (χ1) is 16.1. The lowest BCUT2D eigenvalue weighted by atomic mass is 10.0. The van der Waals surface area contributed by atoms with Crippen molar-refractivity contribution < 1.29 is 0 Å². The molecule has 5 nitrogen and oxygen atoms in total. The van der Waals surface area contributed by atoms with Crippen LogP contribution in [-0.2, 0) is 0 Å². The molecule has 0 saturated heterocycles. The van der Waals surface area contributed by atoms with E-state index in [0.29, 0.717) is 22.3 Å². The van der Waals surface area contributed by atoms with E-state index in [-0.39, 0.29) is 0 Å². The van der Waals surface area contributed by atoms with Crippen molar-refractivity contribution in [1.82, 2.24) is 9.97 Å². The minimum Gasteiger partial charge on any atom is -0.393 e. The highest BCUT2D eigenvalue weighted by molar-refractivity contribution is 6.31. The highest BCUT2D eigenvalue weighted by atomic mass is 35.5. The van der Waals surface area contributed by atoms with Gasteiger partial charge >= 0.3 is 0 Å². The van der Waals surface area contributed by atoms with Gasteiger partial charge in [-0.15, -0.1) is 0 Å². The Bertz CT molecular complexity index is 796. The van der Waals surface area contributed by atoms with Crippen molar-refractivity contribution in [1.29, 1.82) is 0 Å². The number of halogens is 1. The molecule has 0 fully saturated rings. The minimum atomic E-state index is 0.527. The van der Waals surface area contributed by atoms with Crippen molar-refractivity contribution in [3.8, 4) is 0 Å². The molecule has 0 saturated carbocycles. The molecule has 0 aliphatic carbocycles. The van der Waals surface area contributed by atoms with Crippen molar-refractivity contribution in [2.45, 2.75) is 104 Å². The second-order valence-electron chi connectivity index (χ2n) is 9.10. The van der Waals surface area contributed by atoms with Gasteiger partial charge in [-0.1, -0.05) is 108 Å². The molecule has 0 radical (unpaired) electrons. The number of nitrogens with two attached hydrogens (primary N) is 1.